The lowest BCUT2D eigenvalue weighted by atomic mass is 9.97. The highest BCUT2D eigenvalue weighted by Crippen LogP contribution is 2.32. The van der Waals surface area contributed by atoms with Crippen LogP contribution in [-0.4, -0.2) is 54.1 Å². The normalized spacial score (nSPS) is 18.8. The number of carbonyl (C=O) groups excluding carboxylic acids is 2. The maximum absolute atomic E-state index is 13.5. The molecule has 2 aliphatic heterocycles. The number of carbonyl (C=O) groups is 2. The van der Waals surface area contributed by atoms with Crippen molar-refractivity contribution in [3.05, 3.63) is 62.5 Å². The van der Waals surface area contributed by atoms with Gasteiger partial charge in [0, 0.05) is 30.1 Å². The summed E-state index contributed by atoms with van der Waals surface area (Å²) in [7, 11) is 0. The number of nitrogens with zero attached hydrogens (tertiary/aromatic N) is 6. The van der Waals surface area contributed by atoms with Gasteiger partial charge in [-0.3, -0.25) is 14.3 Å². The minimum absolute atomic E-state index is 0.0806. The highest BCUT2D eigenvalue weighted by atomic mass is 35.5. The van der Waals surface area contributed by atoms with Crippen molar-refractivity contribution in [3.8, 4) is 0 Å². The molecule has 0 N–H and O–H groups in total. The highest BCUT2D eigenvalue weighted by molar-refractivity contribution is 6.42. The van der Waals surface area contributed by atoms with Crippen molar-refractivity contribution < 1.29 is 14.1 Å². The Balaban J connectivity index is 1.45. The summed E-state index contributed by atoms with van der Waals surface area (Å²) >= 11 is 12.1. The SMILES string of the molecule is Cc1noc(C(C)N2CCn3nc4c(c3C2=O)CN(C(=O)c2ccc(Cl)c(Cl)c2)[C@H](C)C4)n1. The van der Waals surface area contributed by atoms with Crippen LogP contribution in [0.3, 0.4) is 0 Å². The van der Waals surface area contributed by atoms with Crippen LogP contribution in [0.15, 0.2) is 22.7 Å². The molecule has 11 heteroatoms. The van der Waals surface area contributed by atoms with E-state index in [1.54, 1.807) is 39.6 Å². The fourth-order valence-corrected chi connectivity index (χ4v) is 4.79. The van der Waals surface area contributed by atoms with E-state index in [2.05, 4.69) is 10.1 Å². The lowest BCUT2D eigenvalue weighted by Gasteiger charge is -2.34. The second-order valence-corrected chi connectivity index (χ2v) is 9.28. The van der Waals surface area contributed by atoms with Crippen LogP contribution in [0, 0.1) is 6.92 Å². The summed E-state index contributed by atoms with van der Waals surface area (Å²) in [4.78, 5) is 34.6. The Morgan fingerprint density at radius 1 is 1.24 bits per heavy atom. The van der Waals surface area contributed by atoms with Gasteiger partial charge in [0.05, 0.1) is 28.8 Å². The van der Waals surface area contributed by atoms with E-state index < -0.39 is 0 Å². The third-order valence-corrected chi connectivity index (χ3v) is 7.03. The average Bonchev–Trinajstić information content (AvgIpc) is 3.37. The molecule has 0 saturated heterocycles. The van der Waals surface area contributed by atoms with Crippen molar-refractivity contribution >= 4 is 35.0 Å². The van der Waals surface area contributed by atoms with Gasteiger partial charge in [-0.2, -0.15) is 10.1 Å². The lowest BCUT2D eigenvalue weighted by molar-refractivity contribution is 0.0576. The molecule has 0 aliphatic carbocycles. The molecule has 4 heterocycles. The van der Waals surface area contributed by atoms with E-state index in [1.165, 1.54) is 0 Å². The quantitative estimate of drug-likeness (QED) is 0.557. The topological polar surface area (TPSA) is 97.4 Å². The van der Waals surface area contributed by atoms with Crippen molar-refractivity contribution in [1.82, 2.24) is 29.7 Å². The lowest BCUT2D eigenvalue weighted by Crippen LogP contribution is -2.44. The number of hydrogen-bond donors (Lipinski definition) is 0. The molecule has 2 aliphatic rings. The van der Waals surface area contributed by atoms with Gasteiger partial charge >= 0.3 is 0 Å². The molecule has 2 aromatic heterocycles. The van der Waals surface area contributed by atoms with Crippen LogP contribution >= 0.6 is 23.2 Å². The van der Waals surface area contributed by atoms with Gasteiger partial charge in [0.1, 0.15) is 11.7 Å². The van der Waals surface area contributed by atoms with Crippen molar-refractivity contribution in [3.63, 3.8) is 0 Å². The molecule has 0 saturated carbocycles. The number of benzene rings is 1. The summed E-state index contributed by atoms with van der Waals surface area (Å²) < 4.78 is 7.05. The van der Waals surface area contributed by atoms with Crippen LogP contribution in [0.2, 0.25) is 10.0 Å². The predicted octanol–water partition coefficient (Wildman–Crippen LogP) is 3.69. The van der Waals surface area contributed by atoms with Crippen molar-refractivity contribution in [1.29, 1.82) is 0 Å². The predicted molar refractivity (Wildman–Crippen MR) is 120 cm³/mol. The summed E-state index contributed by atoms with van der Waals surface area (Å²) in [5.74, 6) is 0.596. The third-order valence-electron chi connectivity index (χ3n) is 6.29. The number of fused-ring (bicyclic) bond motifs is 3. The van der Waals surface area contributed by atoms with Gasteiger partial charge in [-0.15, -0.1) is 0 Å². The van der Waals surface area contributed by atoms with E-state index in [0.29, 0.717) is 59.1 Å². The standard InChI is InChI=1S/C22H22Cl2N6O3/c1-11-8-18-15(10-29(11)21(31)14-4-5-16(23)17(24)9-14)19-22(32)28(6-7-30(19)26-18)12(2)20-25-13(3)27-33-20/h4-5,9,11-12H,6-8,10H2,1-3H3/t11-,12?/m1/s1. The molecule has 9 nitrogen and oxygen atoms in total. The molecular formula is C22H22Cl2N6O3. The maximum Gasteiger partial charge on any atom is 0.273 e. The smallest absolute Gasteiger partial charge is 0.273 e. The van der Waals surface area contributed by atoms with Crippen LogP contribution in [0.5, 0.6) is 0 Å². The highest BCUT2D eigenvalue weighted by Gasteiger charge is 2.39. The molecule has 2 atom stereocenters. The molecule has 0 radical (unpaired) electrons. The molecule has 0 bridgehead atoms. The van der Waals surface area contributed by atoms with Gasteiger partial charge in [-0.05, 0) is 39.0 Å². The van der Waals surface area contributed by atoms with Crippen molar-refractivity contribution in [2.24, 2.45) is 0 Å². The van der Waals surface area contributed by atoms with Gasteiger partial charge in [0.2, 0.25) is 5.89 Å². The van der Waals surface area contributed by atoms with E-state index in [9.17, 15) is 9.59 Å². The molecule has 2 amide bonds. The first kappa shape index (κ1) is 21.9. The molecule has 5 rings (SSSR count). The summed E-state index contributed by atoms with van der Waals surface area (Å²) in [6.07, 6.45) is 0.564. The average molecular weight is 489 g/mol. The molecule has 0 fully saturated rings. The van der Waals surface area contributed by atoms with E-state index in [-0.39, 0.29) is 23.9 Å². The van der Waals surface area contributed by atoms with Crippen LogP contribution in [0.25, 0.3) is 0 Å². The van der Waals surface area contributed by atoms with Crippen LogP contribution in [0.1, 0.15) is 63.7 Å². The summed E-state index contributed by atoms with van der Waals surface area (Å²) in [6, 6.07) is 4.40. The van der Waals surface area contributed by atoms with Crippen LogP contribution < -0.4 is 0 Å². The maximum atomic E-state index is 13.5. The number of halogens is 2. The Labute approximate surface area is 200 Å². The van der Waals surface area contributed by atoms with Crippen LogP contribution in [-0.2, 0) is 19.5 Å². The Bertz CT molecular complexity index is 1270. The molecule has 3 aromatic rings. The summed E-state index contributed by atoms with van der Waals surface area (Å²) in [5, 5.41) is 9.25. The third kappa shape index (κ3) is 3.69. The second kappa shape index (κ2) is 8.14. The Hall–Kier alpha value is -2.91. The Morgan fingerprint density at radius 3 is 2.73 bits per heavy atom. The second-order valence-electron chi connectivity index (χ2n) is 8.47. The van der Waals surface area contributed by atoms with Gasteiger partial charge in [0.15, 0.2) is 5.82 Å². The van der Waals surface area contributed by atoms with Gasteiger partial charge in [-0.25, -0.2) is 0 Å². The van der Waals surface area contributed by atoms with E-state index >= 15 is 0 Å². The fourth-order valence-electron chi connectivity index (χ4n) is 4.49. The van der Waals surface area contributed by atoms with E-state index in [0.717, 1.165) is 11.3 Å². The zero-order valence-electron chi connectivity index (χ0n) is 18.4. The number of rotatable bonds is 3. The zero-order chi connectivity index (χ0) is 23.4. The molecule has 172 valence electrons. The molecule has 33 heavy (non-hydrogen) atoms. The molecule has 1 unspecified atom stereocenters. The first-order chi connectivity index (χ1) is 15.7. The number of aromatic nitrogens is 4. The molecular weight excluding hydrogens is 467 g/mol. The van der Waals surface area contributed by atoms with Gasteiger partial charge in [0.25, 0.3) is 11.8 Å². The summed E-state index contributed by atoms with van der Waals surface area (Å²) in [5.41, 5.74) is 2.60. The fraction of sp³-hybridized carbons (Fsp3) is 0.409. The molecule has 0 spiro atoms. The van der Waals surface area contributed by atoms with E-state index in [4.69, 9.17) is 32.8 Å². The molecule has 1 aromatic carbocycles. The van der Waals surface area contributed by atoms with Crippen molar-refractivity contribution in [2.45, 2.75) is 52.4 Å². The minimum Gasteiger partial charge on any atom is -0.337 e. The van der Waals surface area contributed by atoms with Gasteiger partial charge in [-0.1, -0.05) is 28.4 Å². The van der Waals surface area contributed by atoms with Crippen molar-refractivity contribution in [2.75, 3.05) is 6.54 Å². The van der Waals surface area contributed by atoms with Crippen LogP contribution in [0.4, 0.5) is 0 Å². The number of amides is 2. The monoisotopic (exact) mass is 488 g/mol. The number of hydrogen-bond acceptors (Lipinski definition) is 6. The zero-order valence-corrected chi connectivity index (χ0v) is 19.9. The first-order valence-corrected chi connectivity index (χ1v) is 11.5. The van der Waals surface area contributed by atoms with E-state index in [1.807, 2.05) is 13.8 Å². The number of aryl methyl sites for hydroxylation is 1. The first-order valence-electron chi connectivity index (χ1n) is 10.7. The summed E-state index contributed by atoms with van der Waals surface area (Å²) in [6.45, 7) is 6.91. The largest absolute Gasteiger partial charge is 0.337 e. The Kier molecular flexibility index (Phi) is 5.41. The Morgan fingerprint density at radius 2 is 2.03 bits per heavy atom. The minimum atomic E-state index is -0.366. The van der Waals surface area contributed by atoms with Gasteiger partial charge < -0.3 is 14.3 Å².